The second kappa shape index (κ2) is 9.60. The topological polar surface area (TPSA) is 12.5 Å². The predicted molar refractivity (Wildman–Crippen MR) is 130 cm³/mol. The van der Waals surface area contributed by atoms with Gasteiger partial charge >= 0.3 is 0 Å². The van der Waals surface area contributed by atoms with Gasteiger partial charge in [0.15, 0.2) is 0 Å². The van der Waals surface area contributed by atoms with E-state index in [1.807, 2.05) is 18.2 Å². The van der Waals surface area contributed by atoms with Gasteiger partial charge in [-0.05, 0) is 71.7 Å². The van der Waals surface area contributed by atoms with E-state index < -0.39 is 0 Å². The lowest BCUT2D eigenvalue weighted by atomic mass is 9.95. The van der Waals surface area contributed by atoms with Gasteiger partial charge in [0, 0.05) is 17.8 Å². The summed E-state index contributed by atoms with van der Waals surface area (Å²) >= 11 is 0. The van der Waals surface area contributed by atoms with E-state index in [-0.39, 0.29) is 11.9 Å². The summed E-state index contributed by atoms with van der Waals surface area (Å²) in [5.41, 5.74) is 6.90. The quantitative estimate of drug-likeness (QED) is 0.376. The molecule has 1 atom stereocenters. The number of ether oxygens (including phenoxy) is 1. The van der Waals surface area contributed by atoms with Crippen molar-refractivity contribution in [2.45, 2.75) is 45.7 Å². The maximum atomic E-state index is 13.9. The van der Waals surface area contributed by atoms with Crippen molar-refractivity contribution in [2.24, 2.45) is 5.92 Å². The molecule has 1 heterocycles. The van der Waals surface area contributed by atoms with Gasteiger partial charge < -0.3 is 9.64 Å². The molecule has 0 aliphatic carbocycles. The molecule has 0 bridgehead atoms. The van der Waals surface area contributed by atoms with Crippen LogP contribution in [-0.2, 0) is 19.4 Å². The van der Waals surface area contributed by atoms with Crippen LogP contribution in [0.4, 0.5) is 4.39 Å². The van der Waals surface area contributed by atoms with Gasteiger partial charge in [-0.2, -0.15) is 0 Å². The molecule has 1 aliphatic heterocycles. The summed E-state index contributed by atoms with van der Waals surface area (Å²) in [5, 5.41) is 0. The zero-order chi connectivity index (χ0) is 22.7. The predicted octanol–water partition coefficient (Wildman–Crippen LogP) is 7.19. The zero-order valence-electron chi connectivity index (χ0n) is 19.3. The van der Waals surface area contributed by atoms with Crippen LogP contribution >= 0.6 is 0 Å². The van der Waals surface area contributed by atoms with E-state index in [9.17, 15) is 4.39 Å². The normalized spacial score (nSPS) is 14.0. The van der Waals surface area contributed by atoms with Gasteiger partial charge in [0.2, 0.25) is 0 Å². The van der Waals surface area contributed by atoms with E-state index in [2.05, 4.69) is 61.7 Å². The highest BCUT2D eigenvalue weighted by molar-refractivity contribution is 5.69. The number of halogens is 1. The van der Waals surface area contributed by atoms with E-state index in [0.29, 0.717) is 5.92 Å². The zero-order valence-corrected chi connectivity index (χ0v) is 19.3. The fourth-order valence-electron chi connectivity index (χ4n) is 4.63. The summed E-state index contributed by atoms with van der Waals surface area (Å²) in [6.07, 6.45) is 2.97. The Morgan fingerprint density at radius 2 is 1.66 bits per heavy atom. The van der Waals surface area contributed by atoms with Gasteiger partial charge in [0.25, 0.3) is 0 Å². The van der Waals surface area contributed by atoms with Crippen LogP contribution in [0.3, 0.4) is 0 Å². The average molecular weight is 430 g/mol. The summed E-state index contributed by atoms with van der Waals surface area (Å²) in [5.74, 6) is 1.30. The number of hydrogen-bond acceptors (Lipinski definition) is 2. The van der Waals surface area contributed by atoms with Crippen LogP contribution in [0.1, 0.15) is 54.1 Å². The number of fused-ring (bicyclic) bond motifs is 1. The Labute approximate surface area is 191 Å². The molecule has 0 amide bonds. The number of methoxy groups -OCH3 is 1. The number of aryl methyl sites for hydroxylation is 1. The first-order chi connectivity index (χ1) is 15.4. The van der Waals surface area contributed by atoms with E-state index in [4.69, 9.17) is 4.74 Å². The largest absolute Gasteiger partial charge is 0.497 e. The lowest BCUT2D eigenvalue weighted by molar-refractivity contribution is 0.289. The second-order valence-corrected chi connectivity index (χ2v) is 9.12. The van der Waals surface area contributed by atoms with Gasteiger partial charge in [-0.3, -0.25) is 0 Å². The summed E-state index contributed by atoms with van der Waals surface area (Å²) in [4.78, 5) is 2.34. The first kappa shape index (κ1) is 22.1. The van der Waals surface area contributed by atoms with Crippen molar-refractivity contribution in [1.82, 2.24) is 4.90 Å². The molecule has 0 fully saturated rings. The summed E-state index contributed by atoms with van der Waals surface area (Å²) < 4.78 is 19.2. The highest BCUT2D eigenvalue weighted by Gasteiger charge is 2.29. The second-order valence-electron chi connectivity index (χ2n) is 9.12. The van der Waals surface area contributed by atoms with Crippen LogP contribution in [0.5, 0.6) is 5.75 Å². The lowest BCUT2D eigenvalue weighted by Gasteiger charge is -2.31. The van der Waals surface area contributed by atoms with Crippen molar-refractivity contribution in [3.8, 4) is 5.75 Å². The van der Waals surface area contributed by atoms with Crippen LogP contribution in [0.25, 0.3) is 5.70 Å². The maximum absolute atomic E-state index is 13.9. The highest BCUT2D eigenvalue weighted by Crippen LogP contribution is 2.40. The molecule has 0 N–H and O–H groups in total. The first-order valence-electron chi connectivity index (χ1n) is 11.4. The highest BCUT2D eigenvalue weighted by atomic mass is 19.1. The van der Waals surface area contributed by atoms with Gasteiger partial charge in [0.1, 0.15) is 11.6 Å². The summed E-state index contributed by atoms with van der Waals surface area (Å²) in [6, 6.07) is 22.5. The molecule has 166 valence electrons. The third-order valence-corrected chi connectivity index (χ3v) is 6.32. The Kier molecular flexibility index (Phi) is 6.64. The molecule has 1 aliphatic rings. The summed E-state index contributed by atoms with van der Waals surface area (Å²) in [7, 11) is 1.69. The Morgan fingerprint density at radius 1 is 0.969 bits per heavy atom. The lowest BCUT2D eigenvalue weighted by Crippen LogP contribution is -2.23. The van der Waals surface area contributed by atoms with Crippen molar-refractivity contribution in [1.29, 1.82) is 0 Å². The third kappa shape index (κ3) is 4.88. The Bertz CT molecular complexity index is 1070. The fourth-order valence-corrected chi connectivity index (χ4v) is 4.63. The van der Waals surface area contributed by atoms with E-state index in [1.54, 1.807) is 19.2 Å². The molecule has 0 aromatic heterocycles. The van der Waals surface area contributed by atoms with Gasteiger partial charge in [0.05, 0.1) is 13.2 Å². The first-order valence-corrected chi connectivity index (χ1v) is 11.4. The van der Waals surface area contributed by atoms with Crippen LogP contribution in [-0.4, -0.2) is 12.0 Å². The SMILES string of the molecule is C=C1c2cc(F)ccc2CN1C(CCc1ccc(OC)cc1)c1ccc(CC(C)C)cc1. The van der Waals surface area contributed by atoms with Crippen molar-refractivity contribution < 1.29 is 9.13 Å². The van der Waals surface area contributed by atoms with Crippen molar-refractivity contribution in [2.75, 3.05) is 7.11 Å². The molecule has 0 saturated carbocycles. The molecule has 4 rings (SSSR count). The molecule has 3 heteroatoms. The minimum atomic E-state index is -0.209. The molecule has 3 aromatic rings. The van der Waals surface area contributed by atoms with Crippen LogP contribution in [0.2, 0.25) is 0 Å². The monoisotopic (exact) mass is 429 g/mol. The average Bonchev–Trinajstić information content (AvgIpc) is 3.11. The molecule has 0 saturated heterocycles. The minimum Gasteiger partial charge on any atom is -0.497 e. The van der Waals surface area contributed by atoms with E-state index in [0.717, 1.165) is 48.4 Å². The van der Waals surface area contributed by atoms with Gasteiger partial charge in [-0.1, -0.05) is 62.9 Å². The van der Waals surface area contributed by atoms with E-state index in [1.165, 1.54) is 16.7 Å². The third-order valence-electron chi connectivity index (χ3n) is 6.32. The van der Waals surface area contributed by atoms with Crippen LogP contribution < -0.4 is 4.74 Å². The molecular weight excluding hydrogens is 397 g/mol. The Hall–Kier alpha value is -3.07. The van der Waals surface area contributed by atoms with Crippen molar-refractivity contribution in [3.63, 3.8) is 0 Å². The molecule has 1 unspecified atom stereocenters. The van der Waals surface area contributed by atoms with Crippen LogP contribution in [0, 0.1) is 11.7 Å². The molecule has 2 nitrogen and oxygen atoms in total. The standard InChI is InChI=1S/C29H32FNO/c1-20(2)17-23-5-10-24(11-6-23)29(16-9-22-7-14-27(32-4)15-8-22)31-19-25-12-13-26(30)18-28(25)21(31)3/h5-8,10-15,18,20,29H,3,9,16-17,19H2,1-2,4H3. The molecule has 3 aromatic carbocycles. The van der Waals surface area contributed by atoms with Gasteiger partial charge in [-0.25, -0.2) is 4.39 Å². The minimum absolute atomic E-state index is 0.174. The smallest absolute Gasteiger partial charge is 0.123 e. The van der Waals surface area contributed by atoms with Crippen molar-refractivity contribution in [3.05, 3.63) is 107 Å². The Balaban J connectivity index is 1.59. The molecule has 0 radical (unpaired) electrons. The maximum Gasteiger partial charge on any atom is 0.123 e. The van der Waals surface area contributed by atoms with Crippen LogP contribution in [0.15, 0.2) is 73.3 Å². The van der Waals surface area contributed by atoms with Crippen molar-refractivity contribution >= 4 is 5.70 Å². The number of rotatable bonds is 8. The molecule has 0 spiro atoms. The number of nitrogens with zero attached hydrogens (tertiary/aromatic N) is 1. The Morgan fingerprint density at radius 3 is 2.31 bits per heavy atom. The number of hydrogen-bond donors (Lipinski definition) is 0. The fraction of sp³-hybridized carbons (Fsp3) is 0.310. The van der Waals surface area contributed by atoms with E-state index >= 15 is 0 Å². The number of benzene rings is 3. The molecular formula is C29H32FNO. The summed E-state index contributed by atoms with van der Waals surface area (Å²) in [6.45, 7) is 9.59. The molecule has 32 heavy (non-hydrogen) atoms. The van der Waals surface area contributed by atoms with Gasteiger partial charge in [-0.15, -0.1) is 0 Å².